The summed E-state index contributed by atoms with van der Waals surface area (Å²) >= 11 is 0. The Morgan fingerprint density at radius 3 is 2.47 bits per heavy atom. The molecule has 0 saturated carbocycles. The van der Waals surface area contributed by atoms with Crippen LogP contribution in [0.2, 0.25) is 0 Å². The minimum Gasteiger partial charge on any atom is -0.496 e. The standard InChI is InChI=1S/C12H10FNO5/c1-17-7-3-4-8(18-2)11(13)10(7)6-5-9(12(15)16)19-14-6/h3-5H,1-2H3,(H,15,16). The van der Waals surface area contributed by atoms with Crippen LogP contribution < -0.4 is 9.47 Å². The molecule has 2 aromatic rings. The van der Waals surface area contributed by atoms with Gasteiger partial charge in [-0.3, -0.25) is 0 Å². The van der Waals surface area contributed by atoms with E-state index in [1.54, 1.807) is 0 Å². The lowest BCUT2D eigenvalue weighted by atomic mass is 10.1. The fourth-order valence-electron chi connectivity index (χ4n) is 1.60. The molecule has 1 aromatic carbocycles. The molecule has 0 amide bonds. The summed E-state index contributed by atoms with van der Waals surface area (Å²) in [5.74, 6) is -2.19. The van der Waals surface area contributed by atoms with E-state index in [9.17, 15) is 9.18 Å². The predicted octanol–water partition coefficient (Wildman–Crippen LogP) is 2.20. The van der Waals surface area contributed by atoms with E-state index >= 15 is 0 Å². The highest BCUT2D eigenvalue weighted by Crippen LogP contribution is 2.36. The van der Waals surface area contributed by atoms with Gasteiger partial charge in [-0.15, -0.1) is 0 Å². The van der Waals surface area contributed by atoms with Crippen molar-refractivity contribution < 1.29 is 28.3 Å². The van der Waals surface area contributed by atoms with E-state index in [-0.39, 0.29) is 28.5 Å². The fraction of sp³-hybridized carbons (Fsp3) is 0.167. The first-order chi connectivity index (χ1) is 9.08. The van der Waals surface area contributed by atoms with Crippen molar-refractivity contribution in [2.45, 2.75) is 0 Å². The van der Waals surface area contributed by atoms with Crippen LogP contribution in [0.1, 0.15) is 10.6 Å². The topological polar surface area (TPSA) is 81.8 Å². The van der Waals surface area contributed by atoms with Crippen molar-refractivity contribution in [2.75, 3.05) is 14.2 Å². The van der Waals surface area contributed by atoms with E-state index < -0.39 is 11.8 Å². The first-order valence-corrected chi connectivity index (χ1v) is 5.19. The maximum Gasteiger partial charge on any atom is 0.374 e. The Morgan fingerprint density at radius 2 is 1.95 bits per heavy atom. The maximum atomic E-state index is 14.2. The summed E-state index contributed by atoms with van der Waals surface area (Å²) < 4.78 is 28.7. The molecular weight excluding hydrogens is 257 g/mol. The number of aromatic carboxylic acids is 1. The molecule has 0 aliphatic heterocycles. The first-order valence-electron chi connectivity index (χ1n) is 5.19. The second-order valence-corrected chi connectivity index (χ2v) is 3.54. The van der Waals surface area contributed by atoms with Gasteiger partial charge < -0.3 is 19.1 Å². The summed E-state index contributed by atoms with van der Waals surface area (Å²) in [6.45, 7) is 0. The normalized spacial score (nSPS) is 10.3. The number of rotatable bonds is 4. The Morgan fingerprint density at radius 1 is 1.32 bits per heavy atom. The predicted molar refractivity (Wildman–Crippen MR) is 62.0 cm³/mol. The number of carboxylic acid groups (broad SMARTS) is 1. The monoisotopic (exact) mass is 267 g/mol. The molecule has 0 aliphatic carbocycles. The minimum atomic E-state index is -1.29. The molecule has 100 valence electrons. The zero-order chi connectivity index (χ0) is 14.0. The summed E-state index contributed by atoms with van der Waals surface area (Å²) in [5.41, 5.74) is 0.00347. The van der Waals surface area contributed by atoms with Crippen LogP contribution in [0.15, 0.2) is 22.7 Å². The van der Waals surface area contributed by atoms with Crippen molar-refractivity contribution in [3.8, 4) is 22.8 Å². The van der Waals surface area contributed by atoms with E-state index in [4.69, 9.17) is 14.6 Å². The molecule has 1 aromatic heterocycles. The van der Waals surface area contributed by atoms with Crippen molar-refractivity contribution in [1.82, 2.24) is 5.16 Å². The number of aromatic nitrogens is 1. The second-order valence-electron chi connectivity index (χ2n) is 3.54. The Kier molecular flexibility index (Phi) is 3.37. The highest BCUT2D eigenvalue weighted by Gasteiger charge is 2.21. The molecule has 1 N–H and O–H groups in total. The van der Waals surface area contributed by atoms with Gasteiger partial charge >= 0.3 is 5.97 Å². The van der Waals surface area contributed by atoms with Gasteiger partial charge in [-0.1, -0.05) is 5.16 Å². The first kappa shape index (κ1) is 12.9. The summed E-state index contributed by atoms with van der Waals surface area (Å²) in [6, 6.07) is 4.00. The molecule has 0 aliphatic rings. The van der Waals surface area contributed by atoms with E-state index in [1.807, 2.05) is 0 Å². The third-order valence-corrected chi connectivity index (χ3v) is 2.49. The molecule has 7 heteroatoms. The molecule has 2 rings (SSSR count). The molecule has 0 spiro atoms. The molecule has 1 heterocycles. The number of benzene rings is 1. The van der Waals surface area contributed by atoms with Gasteiger partial charge in [0.2, 0.25) is 5.76 Å². The molecule has 0 saturated heterocycles. The largest absolute Gasteiger partial charge is 0.496 e. The van der Waals surface area contributed by atoms with E-state index in [1.165, 1.54) is 26.4 Å². The summed E-state index contributed by atoms with van der Waals surface area (Å²) in [7, 11) is 2.68. The molecule has 0 unspecified atom stereocenters. The van der Waals surface area contributed by atoms with Crippen LogP contribution in [-0.4, -0.2) is 30.5 Å². The fourth-order valence-corrected chi connectivity index (χ4v) is 1.60. The highest BCUT2D eigenvalue weighted by atomic mass is 19.1. The third-order valence-electron chi connectivity index (χ3n) is 2.49. The molecule has 0 bridgehead atoms. The third kappa shape index (κ3) is 2.22. The van der Waals surface area contributed by atoms with Crippen LogP contribution in [0.5, 0.6) is 11.5 Å². The van der Waals surface area contributed by atoms with Gasteiger partial charge in [0, 0.05) is 6.07 Å². The van der Waals surface area contributed by atoms with Crippen LogP contribution in [0.25, 0.3) is 11.3 Å². The number of ether oxygens (including phenoxy) is 2. The van der Waals surface area contributed by atoms with E-state index in [0.29, 0.717) is 0 Å². The molecule has 6 nitrogen and oxygen atoms in total. The van der Waals surface area contributed by atoms with Crippen LogP contribution in [0.4, 0.5) is 4.39 Å². The van der Waals surface area contributed by atoms with Gasteiger partial charge in [0.05, 0.1) is 19.8 Å². The van der Waals surface area contributed by atoms with Crippen molar-refractivity contribution in [3.05, 3.63) is 29.8 Å². The number of carboxylic acids is 1. The average Bonchev–Trinajstić information content (AvgIpc) is 2.87. The van der Waals surface area contributed by atoms with Gasteiger partial charge in [-0.25, -0.2) is 9.18 Å². The number of nitrogens with zero attached hydrogens (tertiary/aromatic N) is 1. The Balaban J connectivity index is 2.61. The zero-order valence-corrected chi connectivity index (χ0v) is 10.1. The molecule has 0 radical (unpaired) electrons. The van der Waals surface area contributed by atoms with E-state index in [0.717, 1.165) is 6.07 Å². The molecule has 19 heavy (non-hydrogen) atoms. The van der Waals surface area contributed by atoms with Gasteiger partial charge in [0.15, 0.2) is 11.6 Å². The average molecular weight is 267 g/mol. The number of methoxy groups -OCH3 is 2. The van der Waals surface area contributed by atoms with E-state index in [2.05, 4.69) is 9.68 Å². The SMILES string of the molecule is COc1ccc(OC)c(-c2cc(C(=O)O)on2)c1F. The second kappa shape index (κ2) is 4.97. The molecule has 0 atom stereocenters. The summed E-state index contributed by atoms with van der Waals surface area (Å²) in [5, 5.41) is 12.3. The van der Waals surface area contributed by atoms with Crippen molar-refractivity contribution in [2.24, 2.45) is 0 Å². The van der Waals surface area contributed by atoms with Crippen LogP contribution in [0.3, 0.4) is 0 Å². The molecular formula is C12H10FNO5. The lowest BCUT2D eigenvalue weighted by Gasteiger charge is -2.09. The minimum absolute atomic E-state index is 0.00400. The van der Waals surface area contributed by atoms with Crippen LogP contribution in [0, 0.1) is 5.82 Å². The lowest BCUT2D eigenvalue weighted by molar-refractivity contribution is 0.0652. The van der Waals surface area contributed by atoms with Crippen molar-refractivity contribution in [1.29, 1.82) is 0 Å². The van der Waals surface area contributed by atoms with Crippen molar-refractivity contribution >= 4 is 5.97 Å². The van der Waals surface area contributed by atoms with Crippen LogP contribution in [-0.2, 0) is 0 Å². The quantitative estimate of drug-likeness (QED) is 0.914. The van der Waals surface area contributed by atoms with Gasteiger partial charge in [-0.05, 0) is 12.1 Å². The Hall–Kier alpha value is -2.57. The zero-order valence-electron chi connectivity index (χ0n) is 10.1. The Labute approximate surface area is 107 Å². The summed E-state index contributed by atoms with van der Waals surface area (Å²) in [6.07, 6.45) is 0. The summed E-state index contributed by atoms with van der Waals surface area (Å²) in [4.78, 5) is 10.7. The van der Waals surface area contributed by atoms with Gasteiger partial charge in [0.25, 0.3) is 0 Å². The number of hydrogen-bond acceptors (Lipinski definition) is 5. The number of halogens is 1. The van der Waals surface area contributed by atoms with Crippen LogP contribution >= 0.6 is 0 Å². The smallest absolute Gasteiger partial charge is 0.374 e. The van der Waals surface area contributed by atoms with Crippen molar-refractivity contribution in [3.63, 3.8) is 0 Å². The molecule has 0 fully saturated rings. The number of carbonyl (C=O) groups is 1. The highest BCUT2D eigenvalue weighted by molar-refractivity contribution is 5.86. The lowest BCUT2D eigenvalue weighted by Crippen LogP contribution is -1.96. The van der Waals surface area contributed by atoms with Gasteiger partial charge in [0.1, 0.15) is 11.4 Å². The Bertz CT molecular complexity index is 623. The van der Waals surface area contributed by atoms with Gasteiger partial charge in [-0.2, -0.15) is 0 Å². The maximum absolute atomic E-state index is 14.2. The number of hydrogen-bond donors (Lipinski definition) is 1.